The van der Waals surface area contributed by atoms with Crippen molar-refractivity contribution in [2.45, 2.75) is 45.6 Å². The average Bonchev–Trinajstić information content (AvgIpc) is 2.69. The first kappa shape index (κ1) is 13.9. The molecule has 0 saturated carbocycles. The highest BCUT2D eigenvalue weighted by Gasteiger charge is 2.17. The molecular weight excluding hydrogens is 200 g/mol. The third-order valence-electron chi connectivity index (χ3n) is 3.15. The molecule has 1 aliphatic rings. The minimum Gasteiger partial charge on any atom is -0.396 e. The van der Waals surface area contributed by atoms with Crippen LogP contribution in [0.25, 0.3) is 0 Å². The van der Waals surface area contributed by atoms with E-state index >= 15 is 0 Å². The topological polar surface area (TPSA) is 35.5 Å². The summed E-state index contributed by atoms with van der Waals surface area (Å²) in [6, 6.07) is 0.702. The lowest BCUT2D eigenvalue weighted by Gasteiger charge is -2.27. The quantitative estimate of drug-likeness (QED) is 0.618. The molecule has 0 aromatic carbocycles. The lowest BCUT2D eigenvalue weighted by molar-refractivity contribution is 0.209. The summed E-state index contributed by atoms with van der Waals surface area (Å²) in [7, 11) is 0. The SMILES string of the molecule is CC(C)CN(CCCCO)CC1CCCN1. The number of hydrogen-bond acceptors (Lipinski definition) is 3. The van der Waals surface area contributed by atoms with Crippen molar-refractivity contribution in [1.82, 2.24) is 10.2 Å². The first-order valence-corrected chi connectivity index (χ1v) is 6.79. The largest absolute Gasteiger partial charge is 0.396 e. The molecule has 0 aromatic rings. The summed E-state index contributed by atoms with van der Waals surface area (Å²) in [6.45, 7) is 9.58. The van der Waals surface area contributed by atoms with Gasteiger partial charge in [0.2, 0.25) is 0 Å². The summed E-state index contributed by atoms with van der Waals surface area (Å²) in [6.07, 6.45) is 4.72. The van der Waals surface area contributed by atoms with Gasteiger partial charge in [0.15, 0.2) is 0 Å². The molecule has 2 N–H and O–H groups in total. The van der Waals surface area contributed by atoms with E-state index in [1.807, 2.05) is 0 Å². The van der Waals surface area contributed by atoms with Crippen molar-refractivity contribution in [2.24, 2.45) is 5.92 Å². The van der Waals surface area contributed by atoms with E-state index in [4.69, 9.17) is 5.11 Å². The molecule has 1 fully saturated rings. The Kier molecular flexibility index (Phi) is 7.01. The van der Waals surface area contributed by atoms with Gasteiger partial charge in [-0.15, -0.1) is 0 Å². The van der Waals surface area contributed by atoms with Crippen molar-refractivity contribution in [3.8, 4) is 0 Å². The van der Waals surface area contributed by atoms with Crippen LogP contribution in [0.1, 0.15) is 39.5 Å². The Balaban J connectivity index is 2.24. The Bertz CT molecular complexity index is 167. The molecule has 1 atom stereocenters. The minimum absolute atomic E-state index is 0.331. The highest BCUT2D eigenvalue weighted by Crippen LogP contribution is 2.09. The van der Waals surface area contributed by atoms with Crippen LogP contribution in [0.2, 0.25) is 0 Å². The Labute approximate surface area is 100 Å². The summed E-state index contributed by atoms with van der Waals surface area (Å²) in [5, 5.41) is 12.4. The molecule has 3 nitrogen and oxygen atoms in total. The van der Waals surface area contributed by atoms with E-state index in [1.165, 1.54) is 32.5 Å². The second kappa shape index (κ2) is 8.04. The number of rotatable bonds is 8. The Hall–Kier alpha value is -0.120. The maximum atomic E-state index is 8.81. The summed E-state index contributed by atoms with van der Waals surface area (Å²) in [5.41, 5.74) is 0. The number of nitrogens with zero attached hydrogens (tertiary/aromatic N) is 1. The highest BCUT2D eigenvalue weighted by molar-refractivity contribution is 4.78. The van der Waals surface area contributed by atoms with Crippen LogP contribution in [-0.4, -0.2) is 48.8 Å². The van der Waals surface area contributed by atoms with Crippen LogP contribution in [0.3, 0.4) is 0 Å². The van der Waals surface area contributed by atoms with Crippen LogP contribution in [0.5, 0.6) is 0 Å². The molecule has 0 spiro atoms. The molecule has 1 heterocycles. The van der Waals surface area contributed by atoms with E-state index in [-0.39, 0.29) is 0 Å². The Morgan fingerprint density at radius 1 is 1.38 bits per heavy atom. The highest BCUT2D eigenvalue weighted by atomic mass is 16.2. The fourth-order valence-electron chi connectivity index (χ4n) is 2.44. The fraction of sp³-hybridized carbons (Fsp3) is 1.00. The lowest BCUT2D eigenvalue weighted by Crippen LogP contribution is -2.39. The predicted octanol–water partition coefficient (Wildman–Crippen LogP) is 1.47. The van der Waals surface area contributed by atoms with Crippen LogP contribution in [0.4, 0.5) is 0 Å². The zero-order chi connectivity index (χ0) is 11.8. The van der Waals surface area contributed by atoms with Gasteiger partial charge in [0.05, 0.1) is 0 Å². The second-order valence-electron chi connectivity index (χ2n) is 5.38. The fourth-order valence-corrected chi connectivity index (χ4v) is 2.44. The van der Waals surface area contributed by atoms with Crippen molar-refractivity contribution in [1.29, 1.82) is 0 Å². The van der Waals surface area contributed by atoms with Crippen molar-refractivity contribution >= 4 is 0 Å². The zero-order valence-electron chi connectivity index (χ0n) is 10.9. The van der Waals surface area contributed by atoms with Crippen LogP contribution < -0.4 is 5.32 Å². The molecule has 0 amide bonds. The van der Waals surface area contributed by atoms with Crippen molar-refractivity contribution in [3.05, 3.63) is 0 Å². The van der Waals surface area contributed by atoms with Gasteiger partial charge in [-0.3, -0.25) is 0 Å². The standard InChI is InChI=1S/C13H28N2O/c1-12(2)10-15(8-3-4-9-16)11-13-6-5-7-14-13/h12-14,16H,3-11H2,1-2H3. The molecule has 0 aromatic heterocycles. The Morgan fingerprint density at radius 2 is 2.19 bits per heavy atom. The van der Waals surface area contributed by atoms with Crippen LogP contribution >= 0.6 is 0 Å². The van der Waals surface area contributed by atoms with E-state index < -0.39 is 0 Å². The van der Waals surface area contributed by atoms with Gasteiger partial charge < -0.3 is 15.3 Å². The summed E-state index contributed by atoms with van der Waals surface area (Å²) < 4.78 is 0. The molecule has 1 aliphatic heterocycles. The molecule has 0 bridgehead atoms. The van der Waals surface area contributed by atoms with Crippen LogP contribution in [0.15, 0.2) is 0 Å². The van der Waals surface area contributed by atoms with Crippen LogP contribution in [0, 0.1) is 5.92 Å². The van der Waals surface area contributed by atoms with Gasteiger partial charge in [-0.25, -0.2) is 0 Å². The van der Waals surface area contributed by atoms with Gasteiger partial charge in [0.25, 0.3) is 0 Å². The normalized spacial score (nSPS) is 21.2. The predicted molar refractivity (Wildman–Crippen MR) is 68.6 cm³/mol. The van der Waals surface area contributed by atoms with Crippen molar-refractivity contribution < 1.29 is 5.11 Å². The van der Waals surface area contributed by atoms with E-state index in [9.17, 15) is 0 Å². The number of unbranched alkanes of at least 4 members (excludes halogenated alkanes) is 1. The van der Waals surface area contributed by atoms with Crippen molar-refractivity contribution in [3.63, 3.8) is 0 Å². The zero-order valence-corrected chi connectivity index (χ0v) is 10.9. The smallest absolute Gasteiger partial charge is 0.0431 e. The molecule has 0 radical (unpaired) electrons. The maximum absolute atomic E-state index is 8.81. The van der Waals surface area contributed by atoms with Gasteiger partial charge in [-0.1, -0.05) is 13.8 Å². The van der Waals surface area contributed by atoms with Gasteiger partial charge in [-0.05, 0) is 44.7 Å². The van der Waals surface area contributed by atoms with Gasteiger partial charge in [-0.2, -0.15) is 0 Å². The van der Waals surface area contributed by atoms with Gasteiger partial charge in [0, 0.05) is 25.7 Å². The molecular formula is C13H28N2O. The van der Waals surface area contributed by atoms with Gasteiger partial charge >= 0.3 is 0 Å². The van der Waals surface area contributed by atoms with Crippen molar-refractivity contribution in [2.75, 3.05) is 32.8 Å². The minimum atomic E-state index is 0.331. The molecule has 0 aliphatic carbocycles. The average molecular weight is 228 g/mol. The molecule has 1 rings (SSSR count). The molecule has 3 heteroatoms. The second-order valence-corrected chi connectivity index (χ2v) is 5.38. The third kappa shape index (κ3) is 5.83. The van der Waals surface area contributed by atoms with E-state index in [0.29, 0.717) is 12.6 Å². The number of nitrogens with one attached hydrogen (secondary N) is 1. The molecule has 96 valence electrons. The molecule has 1 saturated heterocycles. The summed E-state index contributed by atoms with van der Waals surface area (Å²) in [5.74, 6) is 0.732. The van der Waals surface area contributed by atoms with E-state index in [1.54, 1.807) is 0 Å². The van der Waals surface area contributed by atoms with E-state index in [0.717, 1.165) is 25.3 Å². The van der Waals surface area contributed by atoms with Gasteiger partial charge in [0.1, 0.15) is 0 Å². The summed E-state index contributed by atoms with van der Waals surface area (Å²) >= 11 is 0. The first-order valence-electron chi connectivity index (χ1n) is 6.79. The van der Waals surface area contributed by atoms with E-state index in [2.05, 4.69) is 24.1 Å². The maximum Gasteiger partial charge on any atom is 0.0431 e. The molecule has 16 heavy (non-hydrogen) atoms. The monoisotopic (exact) mass is 228 g/mol. The summed E-state index contributed by atoms with van der Waals surface area (Å²) in [4.78, 5) is 2.56. The number of aliphatic hydroxyl groups excluding tert-OH is 1. The third-order valence-corrected chi connectivity index (χ3v) is 3.15. The van der Waals surface area contributed by atoms with Crippen LogP contribution in [-0.2, 0) is 0 Å². The number of aliphatic hydroxyl groups is 1. The first-order chi connectivity index (χ1) is 7.72. The number of hydrogen-bond donors (Lipinski definition) is 2. The lowest BCUT2D eigenvalue weighted by atomic mass is 10.1. The molecule has 1 unspecified atom stereocenters. The Morgan fingerprint density at radius 3 is 2.75 bits per heavy atom.